The summed E-state index contributed by atoms with van der Waals surface area (Å²) in [7, 11) is 0. The maximum Gasteiger partial charge on any atom is 0.234 e. The van der Waals surface area contributed by atoms with E-state index < -0.39 is 0 Å². The van der Waals surface area contributed by atoms with Crippen molar-refractivity contribution in [2.75, 3.05) is 11.1 Å². The minimum Gasteiger partial charge on any atom is -0.486 e. The number of thioether (sulfide) groups is 1. The Kier molecular flexibility index (Phi) is 9.02. The fourth-order valence-electron chi connectivity index (χ4n) is 2.93. The van der Waals surface area contributed by atoms with Crippen LogP contribution in [-0.4, -0.2) is 26.4 Å². The standard InChI is InChI=1S/C23H24Cl2N4O2S/c1-3-5-16-6-9-18(10-7-16)31-14-21-27-28-23(29(21)12-4-2)32-15-22(30)26-17-8-11-19(24)20(25)13-17/h4,6-11,13H,2-3,5,12,14-15H2,1H3,(H,26,30). The summed E-state index contributed by atoms with van der Waals surface area (Å²) in [5.74, 6) is 1.41. The number of anilines is 1. The summed E-state index contributed by atoms with van der Waals surface area (Å²) in [6.07, 6.45) is 3.91. The zero-order chi connectivity index (χ0) is 22.9. The minimum absolute atomic E-state index is 0.162. The van der Waals surface area contributed by atoms with Crippen LogP contribution < -0.4 is 10.1 Å². The third-order valence-corrected chi connectivity index (χ3v) is 6.18. The van der Waals surface area contributed by atoms with Gasteiger partial charge >= 0.3 is 0 Å². The van der Waals surface area contributed by atoms with Crippen molar-refractivity contribution in [3.05, 3.63) is 76.6 Å². The van der Waals surface area contributed by atoms with Gasteiger partial charge in [-0.15, -0.1) is 16.8 Å². The van der Waals surface area contributed by atoms with Gasteiger partial charge in [-0.1, -0.05) is 66.5 Å². The van der Waals surface area contributed by atoms with Gasteiger partial charge in [0.2, 0.25) is 5.91 Å². The van der Waals surface area contributed by atoms with Crippen molar-refractivity contribution in [3.8, 4) is 5.75 Å². The van der Waals surface area contributed by atoms with Crippen molar-refractivity contribution < 1.29 is 9.53 Å². The van der Waals surface area contributed by atoms with Crippen molar-refractivity contribution in [1.29, 1.82) is 0 Å². The molecule has 32 heavy (non-hydrogen) atoms. The lowest BCUT2D eigenvalue weighted by Crippen LogP contribution is -2.15. The van der Waals surface area contributed by atoms with Gasteiger partial charge in [0.1, 0.15) is 12.4 Å². The Labute approximate surface area is 202 Å². The maximum atomic E-state index is 12.3. The molecule has 0 aliphatic rings. The largest absolute Gasteiger partial charge is 0.486 e. The molecule has 3 rings (SSSR count). The van der Waals surface area contributed by atoms with Crippen LogP contribution in [0.15, 0.2) is 60.3 Å². The van der Waals surface area contributed by atoms with E-state index >= 15 is 0 Å². The highest BCUT2D eigenvalue weighted by Gasteiger charge is 2.14. The number of aryl methyl sites for hydroxylation is 1. The van der Waals surface area contributed by atoms with Crippen LogP contribution in [0.3, 0.4) is 0 Å². The zero-order valence-corrected chi connectivity index (χ0v) is 20.0. The second-order valence-electron chi connectivity index (χ2n) is 6.95. The van der Waals surface area contributed by atoms with Gasteiger partial charge in [0.15, 0.2) is 11.0 Å². The van der Waals surface area contributed by atoms with Crippen LogP contribution in [-0.2, 0) is 24.4 Å². The molecule has 0 aliphatic carbocycles. The topological polar surface area (TPSA) is 69.0 Å². The number of ether oxygens (including phenoxy) is 1. The highest BCUT2D eigenvalue weighted by Crippen LogP contribution is 2.25. The number of allylic oxidation sites excluding steroid dienone is 1. The quantitative estimate of drug-likeness (QED) is 0.262. The molecule has 0 saturated heterocycles. The number of nitrogens with zero attached hydrogens (tertiary/aromatic N) is 3. The monoisotopic (exact) mass is 490 g/mol. The number of amides is 1. The molecule has 0 bridgehead atoms. The SMILES string of the molecule is C=CCn1c(COc2ccc(CCC)cc2)nnc1SCC(=O)Nc1ccc(Cl)c(Cl)c1. The van der Waals surface area contributed by atoms with Gasteiger partial charge in [0.05, 0.1) is 15.8 Å². The summed E-state index contributed by atoms with van der Waals surface area (Å²) in [5, 5.41) is 12.7. The number of nitrogens with one attached hydrogen (secondary N) is 1. The van der Waals surface area contributed by atoms with Gasteiger partial charge in [0.25, 0.3) is 0 Å². The van der Waals surface area contributed by atoms with Gasteiger partial charge < -0.3 is 10.1 Å². The molecule has 168 valence electrons. The molecule has 0 unspecified atom stereocenters. The number of halogens is 2. The zero-order valence-electron chi connectivity index (χ0n) is 17.7. The lowest BCUT2D eigenvalue weighted by molar-refractivity contribution is -0.113. The van der Waals surface area contributed by atoms with Crippen LogP contribution in [0.25, 0.3) is 0 Å². The number of hydrogen-bond donors (Lipinski definition) is 1. The number of hydrogen-bond acceptors (Lipinski definition) is 5. The molecule has 1 heterocycles. The van der Waals surface area contributed by atoms with E-state index in [9.17, 15) is 4.79 Å². The average Bonchev–Trinajstić information content (AvgIpc) is 3.16. The fraction of sp³-hybridized carbons (Fsp3) is 0.261. The molecular weight excluding hydrogens is 467 g/mol. The summed E-state index contributed by atoms with van der Waals surface area (Å²) >= 11 is 13.2. The molecule has 0 spiro atoms. The van der Waals surface area contributed by atoms with Crippen LogP contribution in [0.5, 0.6) is 5.75 Å². The van der Waals surface area contributed by atoms with E-state index in [1.807, 2.05) is 16.7 Å². The van der Waals surface area contributed by atoms with E-state index in [-0.39, 0.29) is 18.3 Å². The molecule has 0 atom stereocenters. The molecule has 3 aromatic rings. The first-order valence-electron chi connectivity index (χ1n) is 10.1. The number of carbonyl (C=O) groups excluding carboxylic acids is 1. The fourth-order valence-corrected chi connectivity index (χ4v) is 4.00. The van der Waals surface area contributed by atoms with Crippen molar-refractivity contribution >= 4 is 46.6 Å². The summed E-state index contributed by atoms with van der Waals surface area (Å²) in [6.45, 7) is 6.74. The molecular formula is C23H24Cl2N4O2S. The van der Waals surface area contributed by atoms with Crippen LogP contribution in [0, 0.1) is 0 Å². The van der Waals surface area contributed by atoms with Crippen molar-refractivity contribution in [3.63, 3.8) is 0 Å². The van der Waals surface area contributed by atoms with E-state index in [0.717, 1.165) is 18.6 Å². The molecule has 9 heteroatoms. The first-order valence-corrected chi connectivity index (χ1v) is 11.9. The molecule has 0 radical (unpaired) electrons. The predicted octanol–water partition coefficient (Wildman–Crippen LogP) is 6.03. The summed E-state index contributed by atoms with van der Waals surface area (Å²) in [4.78, 5) is 12.3. The second-order valence-corrected chi connectivity index (χ2v) is 8.70. The minimum atomic E-state index is -0.188. The number of carbonyl (C=O) groups is 1. The number of benzene rings is 2. The highest BCUT2D eigenvalue weighted by molar-refractivity contribution is 7.99. The Morgan fingerprint density at radius 3 is 2.66 bits per heavy atom. The average molecular weight is 491 g/mol. The van der Waals surface area contributed by atoms with Crippen molar-refractivity contribution in [1.82, 2.24) is 14.8 Å². The van der Waals surface area contributed by atoms with Gasteiger partial charge in [-0.3, -0.25) is 9.36 Å². The van der Waals surface area contributed by atoms with Gasteiger partial charge in [0, 0.05) is 12.2 Å². The number of aromatic nitrogens is 3. The third-order valence-electron chi connectivity index (χ3n) is 4.47. The van der Waals surface area contributed by atoms with Crippen LogP contribution in [0.2, 0.25) is 10.0 Å². The number of rotatable bonds is 11. The van der Waals surface area contributed by atoms with E-state index in [0.29, 0.717) is 33.3 Å². The summed E-state index contributed by atoms with van der Waals surface area (Å²) < 4.78 is 7.77. The predicted molar refractivity (Wildman–Crippen MR) is 131 cm³/mol. The Bertz CT molecular complexity index is 1070. The lowest BCUT2D eigenvalue weighted by atomic mass is 10.1. The van der Waals surface area contributed by atoms with Crippen LogP contribution in [0.4, 0.5) is 5.69 Å². The Hall–Kier alpha value is -2.48. The van der Waals surface area contributed by atoms with Crippen molar-refractivity contribution in [2.24, 2.45) is 0 Å². The Morgan fingerprint density at radius 1 is 1.19 bits per heavy atom. The smallest absolute Gasteiger partial charge is 0.234 e. The highest BCUT2D eigenvalue weighted by atomic mass is 35.5. The first-order chi connectivity index (χ1) is 15.5. The van der Waals surface area contributed by atoms with Gasteiger partial charge in [-0.05, 0) is 42.3 Å². The van der Waals surface area contributed by atoms with Crippen LogP contribution in [0.1, 0.15) is 24.7 Å². The van der Waals surface area contributed by atoms with E-state index in [1.165, 1.54) is 17.3 Å². The van der Waals surface area contributed by atoms with Crippen molar-refractivity contribution in [2.45, 2.75) is 38.1 Å². The maximum absolute atomic E-state index is 12.3. The second kappa shape index (κ2) is 11.9. The first kappa shape index (κ1) is 24.2. The van der Waals surface area contributed by atoms with Gasteiger partial charge in [-0.25, -0.2) is 0 Å². The summed E-state index contributed by atoms with van der Waals surface area (Å²) in [6, 6.07) is 13.0. The molecule has 2 aromatic carbocycles. The normalized spacial score (nSPS) is 10.7. The van der Waals surface area contributed by atoms with E-state index in [2.05, 4.69) is 41.1 Å². The van der Waals surface area contributed by atoms with E-state index in [1.54, 1.807) is 24.3 Å². The molecule has 0 aliphatic heterocycles. The van der Waals surface area contributed by atoms with Gasteiger partial charge in [-0.2, -0.15) is 0 Å². The van der Waals surface area contributed by atoms with Crippen LogP contribution >= 0.6 is 35.0 Å². The summed E-state index contributed by atoms with van der Waals surface area (Å²) in [5.41, 5.74) is 1.86. The van der Waals surface area contributed by atoms with E-state index in [4.69, 9.17) is 27.9 Å². The molecule has 6 nitrogen and oxygen atoms in total. The lowest BCUT2D eigenvalue weighted by Gasteiger charge is -2.10. The Balaban J connectivity index is 1.59. The molecule has 0 fully saturated rings. The third kappa shape index (κ3) is 6.76. The Morgan fingerprint density at radius 2 is 1.97 bits per heavy atom. The molecule has 1 amide bonds. The molecule has 0 saturated carbocycles. The molecule has 1 N–H and O–H groups in total. The molecule has 1 aromatic heterocycles.